The van der Waals surface area contributed by atoms with Gasteiger partial charge in [-0.2, -0.15) is 0 Å². The summed E-state index contributed by atoms with van der Waals surface area (Å²) >= 11 is 0. The fraction of sp³-hybridized carbons (Fsp3) is 0.429. The van der Waals surface area contributed by atoms with Crippen LogP contribution < -0.4 is 14.2 Å². The Labute approximate surface area is 150 Å². The van der Waals surface area contributed by atoms with Crippen molar-refractivity contribution < 1.29 is 14.2 Å². The first kappa shape index (κ1) is 17.6. The van der Waals surface area contributed by atoms with Gasteiger partial charge in [-0.25, -0.2) is 0 Å². The van der Waals surface area contributed by atoms with Crippen LogP contribution in [0.3, 0.4) is 0 Å². The van der Waals surface area contributed by atoms with Gasteiger partial charge in [0.15, 0.2) is 11.5 Å². The number of benzene rings is 2. The Morgan fingerprint density at radius 2 is 1.56 bits per heavy atom. The molecule has 1 heterocycles. The molecule has 0 aliphatic carbocycles. The van der Waals surface area contributed by atoms with Gasteiger partial charge in [0.1, 0.15) is 5.75 Å². The number of hydrogen-bond acceptors (Lipinski definition) is 4. The first-order valence-electron chi connectivity index (χ1n) is 8.73. The second-order valence-corrected chi connectivity index (χ2v) is 6.56. The summed E-state index contributed by atoms with van der Waals surface area (Å²) in [7, 11) is 7.30. The average molecular weight is 341 g/mol. The average Bonchev–Trinajstić information content (AvgIpc) is 2.64. The minimum absolute atomic E-state index is 0.800. The lowest BCUT2D eigenvalue weighted by Gasteiger charge is -2.24. The zero-order chi connectivity index (χ0) is 17.8. The number of rotatable bonds is 3. The zero-order valence-corrected chi connectivity index (χ0v) is 15.6. The summed E-state index contributed by atoms with van der Waals surface area (Å²) in [6.07, 6.45) is 3.01. The zero-order valence-electron chi connectivity index (χ0n) is 15.6. The lowest BCUT2D eigenvalue weighted by molar-refractivity contribution is 0.309. The lowest BCUT2D eigenvalue weighted by Crippen LogP contribution is -2.23. The molecule has 0 saturated carbocycles. The smallest absolute Gasteiger partial charge is 0.165 e. The summed E-state index contributed by atoms with van der Waals surface area (Å²) in [4.78, 5) is 2.35. The van der Waals surface area contributed by atoms with Crippen molar-refractivity contribution >= 4 is 0 Å². The quantitative estimate of drug-likeness (QED) is 0.855. The molecule has 1 aliphatic rings. The Bertz CT molecular complexity index is 742. The van der Waals surface area contributed by atoms with Crippen LogP contribution >= 0.6 is 0 Å². The molecular formula is C21H27NO3. The van der Waals surface area contributed by atoms with Crippen LogP contribution in [0.5, 0.6) is 17.2 Å². The van der Waals surface area contributed by atoms with Crippen molar-refractivity contribution in [1.29, 1.82) is 0 Å². The van der Waals surface area contributed by atoms with E-state index in [1.165, 1.54) is 22.3 Å². The van der Waals surface area contributed by atoms with Gasteiger partial charge in [-0.1, -0.05) is 12.1 Å². The number of ether oxygens (including phenoxy) is 3. The van der Waals surface area contributed by atoms with E-state index < -0.39 is 0 Å². The largest absolute Gasteiger partial charge is 0.497 e. The summed E-state index contributed by atoms with van der Waals surface area (Å²) in [5.74, 6) is 2.59. The molecule has 0 fully saturated rings. The number of fused-ring (bicyclic) bond motifs is 2. The highest BCUT2D eigenvalue weighted by Crippen LogP contribution is 2.35. The molecule has 0 radical (unpaired) electrons. The molecule has 0 saturated heterocycles. The van der Waals surface area contributed by atoms with E-state index in [0.717, 1.165) is 49.6 Å². The second kappa shape index (κ2) is 7.79. The van der Waals surface area contributed by atoms with Gasteiger partial charge in [-0.3, -0.25) is 0 Å². The van der Waals surface area contributed by atoms with Crippen molar-refractivity contribution in [3.05, 3.63) is 52.6 Å². The van der Waals surface area contributed by atoms with E-state index in [4.69, 9.17) is 14.2 Å². The van der Waals surface area contributed by atoms with Crippen molar-refractivity contribution in [2.24, 2.45) is 0 Å². The van der Waals surface area contributed by atoms with Crippen LogP contribution in [0.25, 0.3) is 0 Å². The Morgan fingerprint density at radius 3 is 2.28 bits per heavy atom. The van der Waals surface area contributed by atoms with Crippen molar-refractivity contribution in [1.82, 2.24) is 4.90 Å². The third-order valence-electron chi connectivity index (χ3n) is 5.01. The monoisotopic (exact) mass is 341 g/mol. The molecule has 2 aromatic carbocycles. The van der Waals surface area contributed by atoms with Gasteiger partial charge in [0.05, 0.1) is 21.3 Å². The summed E-state index contributed by atoms with van der Waals surface area (Å²) in [5.41, 5.74) is 5.34. The molecule has 0 aromatic heterocycles. The highest BCUT2D eigenvalue weighted by molar-refractivity contribution is 5.51. The van der Waals surface area contributed by atoms with Gasteiger partial charge in [0.2, 0.25) is 0 Å². The van der Waals surface area contributed by atoms with E-state index >= 15 is 0 Å². The predicted molar refractivity (Wildman–Crippen MR) is 100.0 cm³/mol. The molecule has 4 heteroatoms. The summed E-state index contributed by atoms with van der Waals surface area (Å²) in [6, 6.07) is 10.6. The molecule has 0 N–H and O–H groups in total. The maximum Gasteiger partial charge on any atom is 0.165 e. The van der Waals surface area contributed by atoms with Gasteiger partial charge in [-0.05, 0) is 61.2 Å². The van der Waals surface area contributed by atoms with E-state index in [1.807, 2.05) is 6.07 Å². The summed E-state index contributed by atoms with van der Waals surface area (Å²) in [5, 5.41) is 0. The van der Waals surface area contributed by atoms with Crippen LogP contribution in [0.2, 0.25) is 0 Å². The van der Waals surface area contributed by atoms with Gasteiger partial charge >= 0.3 is 0 Å². The Morgan fingerprint density at radius 1 is 0.800 bits per heavy atom. The van der Waals surface area contributed by atoms with Gasteiger partial charge in [0.25, 0.3) is 0 Å². The molecule has 0 bridgehead atoms. The standard InChI is InChI=1S/C21H27NO3/c1-22-12-11-15-7-9-18(23-2)13-17(15)6-5-16-8-10-20(24-3)21(25-4)19(16)14-22/h7-10,13H,5-6,11-12,14H2,1-4H3. The maximum atomic E-state index is 5.69. The SMILES string of the molecule is COc1ccc2c(c1)CCc1ccc(OC)c(OC)c1CN(C)CC2. The van der Waals surface area contributed by atoms with E-state index in [1.54, 1.807) is 21.3 Å². The van der Waals surface area contributed by atoms with Crippen molar-refractivity contribution in [2.45, 2.75) is 25.8 Å². The van der Waals surface area contributed by atoms with Crippen LogP contribution in [0.15, 0.2) is 30.3 Å². The number of hydrogen-bond donors (Lipinski definition) is 0. The van der Waals surface area contributed by atoms with Crippen molar-refractivity contribution in [2.75, 3.05) is 34.9 Å². The molecule has 2 aromatic rings. The van der Waals surface area contributed by atoms with Crippen LogP contribution in [-0.4, -0.2) is 39.8 Å². The number of aryl methyl sites for hydroxylation is 2. The number of likely N-dealkylation sites (N-methyl/N-ethyl adjacent to an activating group) is 1. The van der Waals surface area contributed by atoms with Crippen molar-refractivity contribution in [3.63, 3.8) is 0 Å². The predicted octanol–water partition coefficient (Wildman–Crippen LogP) is 3.49. The normalized spacial score (nSPS) is 15.0. The highest BCUT2D eigenvalue weighted by Gasteiger charge is 2.18. The number of methoxy groups -OCH3 is 3. The minimum Gasteiger partial charge on any atom is -0.497 e. The summed E-state index contributed by atoms with van der Waals surface area (Å²) < 4.78 is 16.6. The summed E-state index contributed by atoms with van der Waals surface area (Å²) in [6.45, 7) is 1.86. The van der Waals surface area contributed by atoms with Gasteiger partial charge < -0.3 is 19.1 Å². The second-order valence-electron chi connectivity index (χ2n) is 6.56. The molecule has 0 atom stereocenters. The Balaban J connectivity index is 2.01. The fourth-order valence-electron chi connectivity index (χ4n) is 3.57. The molecule has 3 rings (SSSR count). The van der Waals surface area contributed by atoms with Crippen LogP contribution in [0.4, 0.5) is 0 Å². The molecule has 0 spiro atoms. The van der Waals surface area contributed by atoms with Crippen LogP contribution in [0, 0.1) is 0 Å². The maximum absolute atomic E-state index is 5.69. The van der Waals surface area contributed by atoms with Gasteiger partial charge in [-0.15, -0.1) is 0 Å². The Hall–Kier alpha value is -2.20. The Kier molecular flexibility index (Phi) is 5.49. The third kappa shape index (κ3) is 3.74. The molecule has 25 heavy (non-hydrogen) atoms. The topological polar surface area (TPSA) is 30.9 Å². The van der Waals surface area contributed by atoms with E-state index in [9.17, 15) is 0 Å². The third-order valence-corrected chi connectivity index (χ3v) is 5.01. The number of nitrogens with zero attached hydrogens (tertiary/aromatic N) is 1. The molecule has 0 amide bonds. The lowest BCUT2D eigenvalue weighted by atomic mass is 9.93. The highest BCUT2D eigenvalue weighted by atomic mass is 16.5. The molecular weight excluding hydrogens is 314 g/mol. The molecule has 4 nitrogen and oxygen atoms in total. The van der Waals surface area contributed by atoms with Crippen LogP contribution in [0.1, 0.15) is 22.3 Å². The van der Waals surface area contributed by atoms with E-state index in [-0.39, 0.29) is 0 Å². The fourth-order valence-corrected chi connectivity index (χ4v) is 3.57. The van der Waals surface area contributed by atoms with E-state index in [0.29, 0.717) is 0 Å². The minimum atomic E-state index is 0.800. The van der Waals surface area contributed by atoms with Crippen molar-refractivity contribution in [3.8, 4) is 17.2 Å². The van der Waals surface area contributed by atoms with Gasteiger partial charge in [0, 0.05) is 18.7 Å². The molecule has 1 aliphatic heterocycles. The first-order valence-corrected chi connectivity index (χ1v) is 8.73. The first-order chi connectivity index (χ1) is 12.2. The van der Waals surface area contributed by atoms with E-state index in [2.05, 4.69) is 36.2 Å². The molecule has 0 unspecified atom stereocenters. The molecule has 134 valence electrons. The van der Waals surface area contributed by atoms with Crippen LogP contribution in [-0.2, 0) is 25.8 Å².